The smallest absolute Gasteiger partial charge is 0.269 e. The third-order valence-electron chi connectivity index (χ3n) is 5.82. The molecule has 0 radical (unpaired) electrons. The number of benzene rings is 3. The number of hydrogen-bond donors (Lipinski definition) is 0. The fourth-order valence-electron chi connectivity index (χ4n) is 3.69. The number of amidine groups is 1. The van der Waals surface area contributed by atoms with Crippen molar-refractivity contribution in [2.24, 2.45) is 4.99 Å². The van der Waals surface area contributed by atoms with Gasteiger partial charge in [0.05, 0.1) is 42.9 Å². The molecule has 4 rings (SSSR count). The van der Waals surface area contributed by atoms with Gasteiger partial charge < -0.3 is 18.9 Å². The van der Waals surface area contributed by atoms with Crippen LogP contribution in [0.1, 0.15) is 11.1 Å². The monoisotopic (exact) mass is 627 g/mol. The number of methoxy groups -OCH3 is 3. The number of carbonyl (C=O) groups is 1. The molecule has 1 fully saturated rings. The Morgan fingerprint density at radius 2 is 1.75 bits per heavy atom. The van der Waals surface area contributed by atoms with Crippen LogP contribution in [0.25, 0.3) is 6.08 Å². The van der Waals surface area contributed by atoms with Gasteiger partial charge >= 0.3 is 0 Å². The Kier molecular flexibility index (Phi) is 9.80. The van der Waals surface area contributed by atoms with Crippen molar-refractivity contribution >= 4 is 56.2 Å². The molecule has 1 heterocycles. The average Bonchev–Trinajstić information content (AvgIpc) is 3.25. The Morgan fingerprint density at radius 1 is 1.02 bits per heavy atom. The molecule has 0 N–H and O–H groups in total. The quantitative estimate of drug-likeness (QED) is 0.140. The number of amides is 1. The van der Waals surface area contributed by atoms with Crippen LogP contribution in [0.4, 0.5) is 11.4 Å². The van der Waals surface area contributed by atoms with Crippen LogP contribution in [0.5, 0.6) is 17.2 Å². The van der Waals surface area contributed by atoms with Crippen LogP contribution in [0.3, 0.4) is 0 Å². The van der Waals surface area contributed by atoms with E-state index in [-0.39, 0.29) is 18.2 Å². The molecular weight excluding hydrogens is 602 g/mol. The number of rotatable bonds is 11. The summed E-state index contributed by atoms with van der Waals surface area (Å²) in [6.45, 7) is 0.906. The molecule has 3 aromatic carbocycles. The molecule has 1 amide bonds. The molecule has 3 aromatic rings. The van der Waals surface area contributed by atoms with E-state index in [1.807, 2.05) is 24.3 Å². The van der Waals surface area contributed by atoms with Gasteiger partial charge in [0.1, 0.15) is 12.4 Å². The highest BCUT2D eigenvalue weighted by Gasteiger charge is 2.33. The van der Waals surface area contributed by atoms with E-state index in [1.54, 1.807) is 49.5 Å². The van der Waals surface area contributed by atoms with Crippen molar-refractivity contribution in [3.8, 4) is 17.2 Å². The van der Waals surface area contributed by atoms with E-state index in [4.69, 9.17) is 18.9 Å². The lowest BCUT2D eigenvalue weighted by molar-refractivity contribution is -0.384. The van der Waals surface area contributed by atoms with Crippen molar-refractivity contribution in [1.29, 1.82) is 0 Å². The predicted octanol–water partition coefficient (Wildman–Crippen LogP) is 6.20. The van der Waals surface area contributed by atoms with E-state index in [9.17, 15) is 14.9 Å². The minimum Gasteiger partial charge on any atom is -0.497 e. The number of carbonyl (C=O) groups excluding carboxylic acids is 1. The normalized spacial score (nSPS) is 15.1. The van der Waals surface area contributed by atoms with Gasteiger partial charge in [-0.3, -0.25) is 19.8 Å². The molecule has 40 heavy (non-hydrogen) atoms. The second kappa shape index (κ2) is 13.5. The minimum atomic E-state index is -0.448. The molecular formula is C28H26BrN3O7S. The molecule has 12 heteroatoms. The number of thioether (sulfide) groups is 1. The van der Waals surface area contributed by atoms with Gasteiger partial charge in [-0.15, -0.1) is 0 Å². The zero-order valence-corrected chi connectivity index (χ0v) is 24.4. The van der Waals surface area contributed by atoms with Crippen LogP contribution in [-0.4, -0.2) is 55.4 Å². The molecule has 10 nitrogen and oxygen atoms in total. The largest absolute Gasteiger partial charge is 0.497 e. The Balaban J connectivity index is 1.57. The van der Waals surface area contributed by atoms with Gasteiger partial charge in [-0.25, -0.2) is 4.99 Å². The van der Waals surface area contributed by atoms with E-state index in [1.165, 1.54) is 31.0 Å². The zero-order chi connectivity index (χ0) is 28.6. The van der Waals surface area contributed by atoms with Crippen molar-refractivity contribution in [2.75, 3.05) is 34.5 Å². The van der Waals surface area contributed by atoms with Crippen LogP contribution < -0.4 is 14.2 Å². The topological polar surface area (TPSA) is 113 Å². The molecule has 0 unspecified atom stereocenters. The lowest BCUT2D eigenvalue weighted by atomic mass is 10.1. The third kappa shape index (κ3) is 7.00. The van der Waals surface area contributed by atoms with Gasteiger partial charge in [-0.2, -0.15) is 0 Å². The van der Waals surface area contributed by atoms with E-state index in [0.717, 1.165) is 11.3 Å². The summed E-state index contributed by atoms with van der Waals surface area (Å²) in [6.07, 6.45) is 1.77. The van der Waals surface area contributed by atoms with Gasteiger partial charge in [0.2, 0.25) is 0 Å². The summed E-state index contributed by atoms with van der Waals surface area (Å²) in [6, 6.07) is 16.9. The van der Waals surface area contributed by atoms with Crippen LogP contribution in [0.15, 0.2) is 75.0 Å². The Hall–Kier alpha value is -3.87. The highest BCUT2D eigenvalue weighted by Crippen LogP contribution is 2.39. The average molecular weight is 629 g/mol. The van der Waals surface area contributed by atoms with E-state index in [2.05, 4.69) is 20.9 Å². The molecule has 0 aromatic heterocycles. The highest BCUT2D eigenvalue weighted by molar-refractivity contribution is 9.10. The SMILES string of the molecule is COCCN1C(=O)/C(=C/c2cc(OC)c(OCc3ccc([N+](=O)[O-])cc3)cc2Br)SC1=Nc1ccc(OC)cc1. The molecule has 0 aliphatic carbocycles. The first kappa shape index (κ1) is 29.1. The fraction of sp³-hybridized carbons (Fsp3) is 0.214. The number of nitro benzene ring substituents is 1. The number of non-ortho nitro benzene ring substituents is 1. The highest BCUT2D eigenvalue weighted by atomic mass is 79.9. The van der Waals surface area contributed by atoms with Crippen molar-refractivity contribution in [1.82, 2.24) is 4.90 Å². The molecule has 1 aliphatic heterocycles. The predicted molar refractivity (Wildman–Crippen MR) is 157 cm³/mol. The maximum absolute atomic E-state index is 13.3. The van der Waals surface area contributed by atoms with Gasteiger partial charge in [-0.1, -0.05) is 15.9 Å². The number of hydrogen-bond acceptors (Lipinski definition) is 9. The second-order valence-electron chi connectivity index (χ2n) is 8.39. The molecule has 0 saturated carbocycles. The van der Waals surface area contributed by atoms with E-state index < -0.39 is 4.92 Å². The Morgan fingerprint density at radius 3 is 2.38 bits per heavy atom. The fourth-order valence-corrected chi connectivity index (χ4v) is 5.14. The molecule has 0 spiro atoms. The standard InChI is InChI=1S/C28H26BrN3O7S/c1-36-13-12-31-27(33)26(40-28(31)30-20-6-10-22(37-2)11-7-20)15-19-14-24(38-3)25(16-23(19)29)39-17-18-4-8-21(9-5-18)32(34)35/h4-11,14-16H,12-13,17H2,1-3H3/b26-15-,30-28?. The number of ether oxygens (including phenoxy) is 4. The first-order valence-corrected chi connectivity index (χ1v) is 13.6. The number of halogens is 1. The molecule has 1 aliphatic rings. The van der Waals surface area contributed by atoms with Crippen molar-refractivity contribution in [3.05, 3.63) is 91.3 Å². The molecule has 0 atom stereocenters. The van der Waals surface area contributed by atoms with Crippen LogP contribution in [-0.2, 0) is 16.1 Å². The number of nitro groups is 1. The van der Waals surface area contributed by atoms with Crippen molar-refractivity contribution in [2.45, 2.75) is 6.61 Å². The van der Waals surface area contributed by atoms with Crippen LogP contribution >= 0.6 is 27.7 Å². The molecule has 0 bridgehead atoms. The van der Waals surface area contributed by atoms with E-state index in [0.29, 0.717) is 50.4 Å². The lowest BCUT2D eigenvalue weighted by Crippen LogP contribution is -2.32. The molecule has 208 valence electrons. The zero-order valence-electron chi connectivity index (χ0n) is 22.0. The van der Waals surface area contributed by atoms with Crippen molar-refractivity contribution < 1.29 is 28.7 Å². The van der Waals surface area contributed by atoms with Crippen LogP contribution in [0.2, 0.25) is 0 Å². The van der Waals surface area contributed by atoms with Gasteiger partial charge in [0.15, 0.2) is 16.7 Å². The van der Waals surface area contributed by atoms with Gasteiger partial charge in [0.25, 0.3) is 11.6 Å². The maximum Gasteiger partial charge on any atom is 0.269 e. The summed E-state index contributed by atoms with van der Waals surface area (Å²) < 4.78 is 22.6. The number of aliphatic imine (C=N–C) groups is 1. The molecule has 1 saturated heterocycles. The van der Waals surface area contributed by atoms with Gasteiger partial charge in [-0.05, 0) is 77.5 Å². The summed E-state index contributed by atoms with van der Waals surface area (Å²) in [7, 11) is 4.71. The lowest BCUT2D eigenvalue weighted by Gasteiger charge is -2.15. The minimum absolute atomic E-state index is 0.0128. The Bertz CT molecular complexity index is 1440. The van der Waals surface area contributed by atoms with Gasteiger partial charge in [0, 0.05) is 23.7 Å². The first-order valence-electron chi connectivity index (χ1n) is 12.0. The summed E-state index contributed by atoms with van der Waals surface area (Å²) in [5.41, 5.74) is 2.19. The summed E-state index contributed by atoms with van der Waals surface area (Å²) in [4.78, 5) is 30.5. The van der Waals surface area contributed by atoms with Crippen molar-refractivity contribution in [3.63, 3.8) is 0 Å². The maximum atomic E-state index is 13.3. The second-order valence-corrected chi connectivity index (χ2v) is 10.3. The Labute approximate surface area is 243 Å². The van der Waals surface area contributed by atoms with E-state index >= 15 is 0 Å². The first-order chi connectivity index (χ1) is 19.3. The van der Waals surface area contributed by atoms with Crippen LogP contribution in [0, 0.1) is 10.1 Å². The third-order valence-corrected chi connectivity index (χ3v) is 7.51. The summed E-state index contributed by atoms with van der Waals surface area (Å²) >= 11 is 4.85. The number of nitrogens with zero attached hydrogens (tertiary/aromatic N) is 3. The summed E-state index contributed by atoms with van der Waals surface area (Å²) in [5, 5.41) is 11.4. The summed E-state index contributed by atoms with van der Waals surface area (Å²) in [5.74, 6) is 1.48.